The lowest BCUT2D eigenvalue weighted by Gasteiger charge is -2.12. The molecule has 0 fully saturated rings. The van der Waals surface area contributed by atoms with E-state index in [1.807, 2.05) is 31.2 Å². The fraction of sp³-hybridized carbons (Fsp3) is 0.333. The van der Waals surface area contributed by atoms with Crippen LogP contribution in [0.25, 0.3) is 0 Å². The Labute approximate surface area is 142 Å². The van der Waals surface area contributed by atoms with Crippen LogP contribution < -0.4 is 15.4 Å². The average Bonchev–Trinajstić information content (AvgIpc) is 2.61. The van der Waals surface area contributed by atoms with Gasteiger partial charge in [-0.1, -0.05) is 12.1 Å². The van der Waals surface area contributed by atoms with Crippen LogP contribution >= 0.6 is 0 Å². The van der Waals surface area contributed by atoms with Crippen molar-refractivity contribution < 1.29 is 14.3 Å². The first-order chi connectivity index (χ1) is 11.7. The summed E-state index contributed by atoms with van der Waals surface area (Å²) in [5.74, 6) is 0.422. The van der Waals surface area contributed by atoms with Gasteiger partial charge in [0, 0.05) is 32.7 Å². The maximum absolute atomic E-state index is 12.4. The average molecular weight is 329 g/mol. The third kappa shape index (κ3) is 5.24. The van der Waals surface area contributed by atoms with Crippen LogP contribution in [-0.4, -0.2) is 37.8 Å². The van der Waals surface area contributed by atoms with Crippen molar-refractivity contribution >= 4 is 17.3 Å². The number of para-hydroxylation sites is 2. The molecule has 0 aliphatic rings. The molecule has 6 heteroatoms. The first-order valence-corrected chi connectivity index (χ1v) is 7.95. The zero-order chi connectivity index (χ0) is 17.2. The molecule has 2 aromatic rings. The number of carbonyl (C=O) groups is 1. The van der Waals surface area contributed by atoms with E-state index in [1.165, 1.54) is 0 Å². The SMILES string of the molecule is CCOc1ccccc1NC(=O)c1cncc(NCCCOC)c1. The number of benzene rings is 1. The maximum Gasteiger partial charge on any atom is 0.257 e. The first kappa shape index (κ1) is 17.7. The van der Waals surface area contributed by atoms with Crippen LogP contribution in [0.1, 0.15) is 23.7 Å². The largest absolute Gasteiger partial charge is 0.492 e. The van der Waals surface area contributed by atoms with Crippen LogP contribution in [0.15, 0.2) is 42.7 Å². The number of aromatic nitrogens is 1. The minimum Gasteiger partial charge on any atom is -0.492 e. The van der Waals surface area contributed by atoms with Gasteiger partial charge in [0.05, 0.1) is 23.5 Å². The Bertz CT molecular complexity index is 661. The number of nitrogens with one attached hydrogen (secondary N) is 2. The number of amides is 1. The van der Waals surface area contributed by atoms with Gasteiger partial charge in [-0.05, 0) is 31.5 Å². The molecule has 0 unspecified atom stereocenters. The second-order valence-corrected chi connectivity index (χ2v) is 5.12. The van der Waals surface area contributed by atoms with E-state index in [4.69, 9.17) is 9.47 Å². The molecule has 24 heavy (non-hydrogen) atoms. The number of anilines is 2. The number of methoxy groups -OCH3 is 1. The standard InChI is InChI=1S/C18H23N3O3/c1-3-24-17-8-5-4-7-16(17)21-18(22)14-11-15(13-19-12-14)20-9-6-10-23-2/h4-5,7-8,11-13,20H,3,6,9-10H2,1-2H3,(H,21,22). The minimum atomic E-state index is -0.227. The third-order valence-corrected chi connectivity index (χ3v) is 3.29. The summed E-state index contributed by atoms with van der Waals surface area (Å²) in [5, 5.41) is 6.09. The number of hydrogen-bond acceptors (Lipinski definition) is 5. The van der Waals surface area contributed by atoms with Gasteiger partial charge in [-0.15, -0.1) is 0 Å². The number of pyridine rings is 1. The predicted octanol–water partition coefficient (Wildman–Crippen LogP) is 3.18. The lowest BCUT2D eigenvalue weighted by Crippen LogP contribution is -2.14. The summed E-state index contributed by atoms with van der Waals surface area (Å²) in [4.78, 5) is 16.6. The minimum absolute atomic E-state index is 0.227. The maximum atomic E-state index is 12.4. The second kappa shape index (κ2) is 9.52. The molecule has 0 aliphatic heterocycles. The van der Waals surface area contributed by atoms with Crippen molar-refractivity contribution in [2.45, 2.75) is 13.3 Å². The predicted molar refractivity (Wildman–Crippen MR) is 94.8 cm³/mol. The molecule has 1 amide bonds. The van der Waals surface area contributed by atoms with Crippen LogP contribution in [0.4, 0.5) is 11.4 Å². The van der Waals surface area contributed by atoms with Crippen molar-refractivity contribution in [3.05, 3.63) is 48.3 Å². The van der Waals surface area contributed by atoms with E-state index in [2.05, 4.69) is 15.6 Å². The Morgan fingerprint density at radius 2 is 2.08 bits per heavy atom. The molecule has 0 bridgehead atoms. The van der Waals surface area contributed by atoms with Crippen LogP contribution in [0.2, 0.25) is 0 Å². The monoisotopic (exact) mass is 329 g/mol. The third-order valence-electron chi connectivity index (χ3n) is 3.29. The van der Waals surface area contributed by atoms with Gasteiger partial charge >= 0.3 is 0 Å². The lowest BCUT2D eigenvalue weighted by atomic mass is 10.2. The zero-order valence-electron chi connectivity index (χ0n) is 14.0. The molecule has 6 nitrogen and oxygen atoms in total. The van der Waals surface area contributed by atoms with Crippen LogP contribution in [-0.2, 0) is 4.74 Å². The molecule has 2 N–H and O–H groups in total. The normalized spacial score (nSPS) is 10.2. The van der Waals surface area contributed by atoms with Gasteiger partial charge in [-0.3, -0.25) is 9.78 Å². The first-order valence-electron chi connectivity index (χ1n) is 7.95. The summed E-state index contributed by atoms with van der Waals surface area (Å²) in [6.07, 6.45) is 4.12. The highest BCUT2D eigenvalue weighted by atomic mass is 16.5. The molecular formula is C18H23N3O3. The molecule has 0 radical (unpaired) electrons. The summed E-state index contributed by atoms with van der Waals surface area (Å²) in [6.45, 7) is 3.89. The Morgan fingerprint density at radius 1 is 1.25 bits per heavy atom. The molecule has 0 atom stereocenters. The summed E-state index contributed by atoms with van der Waals surface area (Å²) in [6, 6.07) is 9.13. The van der Waals surface area contributed by atoms with Gasteiger partial charge in [-0.25, -0.2) is 0 Å². The van der Waals surface area contributed by atoms with E-state index in [1.54, 1.807) is 25.6 Å². The van der Waals surface area contributed by atoms with Gasteiger partial charge in [0.1, 0.15) is 5.75 Å². The van der Waals surface area contributed by atoms with Gasteiger partial charge in [0.15, 0.2) is 0 Å². The number of nitrogens with zero attached hydrogens (tertiary/aromatic N) is 1. The van der Waals surface area contributed by atoms with Crippen LogP contribution in [0.3, 0.4) is 0 Å². The number of hydrogen-bond donors (Lipinski definition) is 2. The molecule has 1 heterocycles. The van der Waals surface area contributed by atoms with E-state index < -0.39 is 0 Å². The molecule has 0 spiro atoms. The van der Waals surface area contributed by atoms with E-state index in [0.29, 0.717) is 30.2 Å². The molecule has 0 saturated carbocycles. The highest BCUT2D eigenvalue weighted by Gasteiger charge is 2.10. The van der Waals surface area contributed by atoms with Crippen molar-refractivity contribution in [2.75, 3.05) is 37.5 Å². The number of carbonyl (C=O) groups excluding carboxylic acids is 1. The number of ether oxygens (including phenoxy) is 2. The van der Waals surface area contributed by atoms with E-state index >= 15 is 0 Å². The fourth-order valence-corrected chi connectivity index (χ4v) is 2.16. The van der Waals surface area contributed by atoms with Crippen molar-refractivity contribution in [2.24, 2.45) is 0 Å². The molecular weight excluding hydrogens is 306 g/mol. The summed E-state index contributed by atoms with van der Waals surface area (Å²) in [7, 11) is 1.67. The smallest absolute Gasteiger partial charge is 0.257 e. The van der Waals surface area contributed by atoms with Crippen molar-refractivity contribution in [3.8, 4) is 5.75 Å². The highest BCUT2D eigenvalue weighted by Crippen LogP contribution is 2.24. The van der Waals surface area contributed by atoms with Gasteiger partial charge < -0.3 is 20.1 Å². The van der Waals surface area contributed by atoms with Gasteiger partial charge in [0.25, 0.3) is 5.91 Å². The molecule has 0 aliphatic carbocycles. The Kier molecular flexibility index (Phi) is 7.04. The molecule has 128 valence electrons. The summed E-state index contributed by atoms with van der Waals surface area (Å²) in [5.41, 5.74) is 1.93. The molecule has 0 saturated heterocycles. The Balaban J connectivity index is 2.02. The van der Waals surface area contributed by atoms with Crippen molar-refractivity contribution in [3.63, 3.8) is 0 Å². The fourth-order valence-electron chi connectivity index (χ4n) is 2.16. The molecule has 1 aromatic heterocycles. The van der Waals surface area contributed by atoms with E-state index in [-0.39, 0.29) is 5.91 Å². The van der Waals surface area contributed by atoms with Crippen molar-refractivity contribution in [1.82, 2.24) is 4.98 Å². The Morgan fingerprint density at radius 3 is 2.88 bits per heavy atom. The van der Waals surface area contributed by atoms with Crippen molar-refractivity contribution in [1.29, 1.82) is 0 Å². The highest BCUT2D eigenvalue weighted by molar-refractivity contribution is 6.05. The molecule has 1 aromatic carbocycles. The Hall–Kier alpha value is -2.60. The van der Waals surface area contributed by atoms with Crippen LogP contribution in [0, 0.1) is 0 Å². The van der Waals surface area contributed by atoms with Gasteiger partial charge in [-0.2, -0.15) is 0 Å². The second-order valence-electron chi connectivity index (χ2n) is 5.12. The van der Waals surface area contributed by atoms with Crippen LogP contribution in [0.5, 0.6) is 5.75 Å². The number of rotatable bonds is 9. The lowest BCUT2D eigenvalue weighted by molar-refractivity contribution is 0.102. The summed E-state index contributed by atoms with van der Waals surface area (Å²) < 4.78 is 10.5. The quantitative estimate of drug-likeness (QED) is 0.691. The zero-order valence-corrected chi connectivity index (χ0v) is 14.0. The van der Waals surface area contributed by atoms with E-state index in [9.17, 15) is 4.79 Å². The van der Waals surface area contributed by atoms with E-state index in [0.717, 1.165) is 18.7 Å². The summed E-state index contributed by atoms with van der Waals surface area (Å²) >= 11 is 0. The topological polar surface area (TPSA) is 72.5 Å². The molecule has 2 rings (SSSR count). The van der Waals surface area contributed by atoms with Gasteiger partial charge in [0.2, 0.25) is 0 Å².